The van der Waals surface area contributed by atoms with Crippen molar-refractivity contribution in [3.05, 3.63) is 78.2 Å². The second kappa shape index (κ2) is 6.57. The Kier molecular flexibility index (Phi) is 4.33. The zero-order chi connectivity index (χ0) is 17.0. The van der Waals surface area contributed by atoms with Gasteiger partial charge >= 0.3 is 6.18 Å². The van der Waals surface area contributed by atoms with Crippen molar-refractivity contribution in [1.82, 2.24) is 9.55 Å². The largest absolute Gasteiger partial charge is 0.417 e. The average molecular weight is 330 g/mol. The Hall–Kier alpha value is -3.09. The van der Waals surface area contributed by atoms with Crippen molar-refractivity contribution in [2.75, 3.05) is 5.43 Å². The quantitative estimate of drug-likeness (QED) is 0.571. The van der Waals surface area contributed by atoms with Crippen LogP contribution in [0.3, 0.4) is 0 Å². The molecule has 0 fully saturated rings. The summed E-state index contributed by atoms with van der Waals surface area (Å²) in [7, 11) is 0. The van der Waals surface area contributed by atoms with Gasteiger partial charge in [0.2, 0.25) is 0 Å². The molecule has 3 rings (SSSR count). The molecule has 4 nitrogen and oxygen atoms in total. The average Bonchev–Trinajstić information content (AvgIpc) is 3.04. The molecule has 24 heavy (non-hydrogen) atoms. The Labute approximate surface area is 136 Å². The van der Waals surface area contributed by atoms with Crippen LogP contribution in [0.5, 0.6) is 0 Å². The van der Waals surface area contributed by atoms with Crippen LogP contribution in [0, 0.1) is 0 Å². The molecule has 0 saturated carbocycles. The van der Waals surface area contributed by atoms with Crippen molar-refractivity contribution in [3.8, 4) is 5.69 Å². The molecule has 0 amide bonds. The maximum absolute atomic E-state index is 12.4. The van der Waals surface area contributed by atoms with Crippen LogP contribution < -0.4 is 5.43 Å². The first-order valence-electron chi connectivity index (χ1n) is 7.08. The van der Waals surface area contributed by atoms with Crippen molar-refractivity contribution in [2.45, 2.75) is 6.18 Å². The molecule has 0 radical (unpaired) electrons. The Morgan fingerprint density at radius 2 is 1.83 bits per heavy atom. The van der Waals surface area contributed by atoms with Gasteiger partial charge in [0, 0.05) is 29.8 Å². The molecule has 1 aromatic carbocycles. The number of benzene rings is 1. The number of aromatic nitrogens is 2. The van der Waals surface area contributed by atoms with E-state index in [4.69, 9.17) is 0 Å². The first-order chi connectivity index (χ1) is 11.5. The molecule has 3 aromatic rings. The summed E-state index contributed by atoms with van der Waals surface area (Å²) in [6, 6.07) is 13.8. The summed E-state index contributed by atoms with van der Waals surface area (Å²) in [6.07, 6.45) is 1.73. The lowest BCUT2D eigenvalue weighted by molar-refractivity contribution is -0.137. The van der Waals surface area contributed by atoms with E-state index in [2.05, 4.69) is 15.5 Å². The van der Waals surface area contributed by atoms with Gasteiger partial charge in [0.15, 0.2) is 0 Å². The van der Waals surface area contributed by atoms with Crippen LogP contribution in [0.15, 0.2) is 72.2 Å². The van der Waals surface area contributed by atoms with E-state index in [1.54, 1.807) is 6.21 Å². The van der Waals surface area contributed by atoms with Gasteiger partial charge in [0.05, 0.1) is 11.8 Å². The van der Waals surface area contributed by atoms with Gasteiger partial charge in [-0.25, -0.2) is 4.98 Å². The summed E-state index contributed by atoms with van der Waals surface area (Å²) >= 11 is 0. The lowest BCUT2D eigenvalue weighted by atomic mass is 10.3. The van der Waals surface area contributed by atoms with Crippen LogP contribution >= 0.6 is 0 Å². The lowest BCUT2D eigenvalue weighted by Crippen LogP contribution is -2.05. The predicted molar refractivity (Wildman–Crippen MR) is 86.2 cm³/mol. The number of anilines is 1. The standard InChI is InChI=1S/C17H13F3N4/c18-17(19,20)14-6-7-16(21-11-14)23-22-10-13-8-9-24(12-13)15-4-2-1-3-5-15/h1-12H,(H,21,23)/b22-10+. The lowest BCUT2D eigenvalue weighted by Gasteiger charge is -2.06. The molecule has 0 spiro atoms. The minimum atomic E-state index is -4.39. The molecule has 2 aromatic heterocycles. The molecule has 0 saturated heterocycles. The van der Waals surface area contributed by atoms with Crippen LogP contribution in [0.25, 0.3) is 5.69 Å². The third-order valence-corrected chi connectivity index (χ3v) is 3.25. The molecule has 0 bridgehead atoms. The maximum Gasteiger partial charge on any atom is 0.417 e. The van der Waals surface area contributed by atoms with Gasteiger partial charge in [-0.3, -0.25) is 5.43 Å². The number of halogens is 3. The summed E-state index contributed by atoms with van der Waals surface area (Å²) in [5.74, 6) is 0.238. The van der Waals surface area contributed by atoms with Gasteiger partial charge in [-0.1, -0.05) is 18.2 Å². The number of hydrazone groups is 1. The highest BCUT2D eigenvalue weighted by atomic mass is 19.4. The second-order valence-electron chi connectivity index (χ2n) is 4.99. The summed E-state index contributed by atoms with van der Waals surface area (Å²) in [5.41, 5.74) is 3.68. The number of nitrogens with one attached hydrogen (secondary N) is 1. The van der Waals surface area contributed by atoms with Crippen LogP contribution in [-0.2, 0) is 6.18 Å². The van der Waals surface area contributed by atoms with Crippen molar-refractivity contribution in [1.29, 1.82) is 0 Å². The van der Waals surface area contributed by atoms with E-state index in [0.717, 1.165) is 23.5 Å². The fraction of sp³-hybridized carbons (Fsp3) is 0.0588. The first kappa shape index (κ1) is 15.8. The zero-order valence-electron chi connectivity index (χ0n) is 12.4. The molecule has 0 aliphatic heterocycles. The Bertz CT molecular complexity index is 821. The van der Waals surface area contributed by atoms with Crippen LogP contribution in [0.4, 0.5) is 19.0 Å². The van der Waals surface area contributed by atoms with Crippen molar-refractivity contribution >= 4 is 12.0 Å². The topological polar surface area (TPSA) is 42.2 Å². The Morgan fingerprint density at radius 1 is 1.04 bits per heavy atom. The third kappa shape index (κ3) is 3.81. The van der Waals surface area contributed by atoms with Gasteiger partial charge in [0.1, 0.15) is 5.82 Å². The molecular weight excluding hydrogens is 317 g/mol. The van der Waals surface area contributed by atoms with Gasteiger partial charge in [-0.05, 0) is 30.3 Å². The number of nitrogens with zero attached hydrogens (tertiary/aromatic N) is 3. The smallest absolute Gasteiger partial charge is 0.323 e. The molecule has 122 valence electrons. The van der Waals surface area contributed by atoms with E-state index in [1.165, 1.54) is 6.07 Å². The Balaban J connectivity index is 1.64. The highest BCUT2D eigenvalue weighted by Gasteiger charge is 2.30. The van der Waals surface area contributed by atoms with Gasteiger partial charge in [0.25, 0.3) is 0 Å². The van der Waals surface area contributed by atoms with E-state index < -0.39 is 11.7 Å². The van der Waals surface area contributed by atoms with Gasteiger partial charge in [-0.2, -0.15) is 18.3 Å². The summed E-state index contributed by atoms with van der Waals surface area (Å²) in [5, 5.41) is 3.98. The van der Waals surface area contributed by atoms with Crippen molar-refractivity contribution in [2.24, 2.45) is 5.10 Å². The Morgan fingerprint density at radius 3 is 2.50 bits per heavy atom. The molecule has 1 N–H and O–H groups in total. The van der Waals surface area contributed by atoms with Gasteiger partial charge < -0.3 is 4.57 Å². The van der Waals surface area contributed by atoms with E-state index in [1.807, 2.05) is 53.4 Å². The van der Waals surface area contributed by atoms with Gasteiger partial charge in [-0.15, -0.1) is 0 Å². The molecule has 2 heterocycles. The van der Waals surface area contributed by atoms with E-state index >= 15 is 0 Å². The number of para-hydroxylation sites is 1. The summed E-state index contributed by atoms with van der Waals surface area (Å²) in [4.78, 5) is 3.68. The second-order valence-corrected chi connectivity index (χ2v) is 4.99. The molecule has 0 aliphatic carbocycles. The molecule has 0 aliphatic rings. The maximum atomic E-state index is 12.4. The van der Waals surface area contributed by atoms with Crippen LogP contribution in [0.1, 0.15) is 11.1 Å². The minimum absolute atomic E-state index is 0.238. The minimum Gasteiger partial charge on any atom is -0.323 e. The predicted octanol–water partition coefficient (Wildman–Crippen LogP) is 4.34. The number of rotatable bonds is 4. The number of hydrogen-bond donors (Lipinski definition) is 1. The number of pyridine rings is 1. The van der Waals surface area contributed by atoms with Crippen molar-refractivity contribution < 1.29 is 13.2 Å². The SMILES string of the molecule is FC(F)(F)c1ccc(N/N=C/c2ccn(-c3ccccc3)c2)nc1. The fourth-order valence-electron chi connectivity index (χ4n) is 2.05. The molecule has 0 unspecified atom stereocenters. The molecule has 0 atom stereocenters. The van der Waals surface area contributed by atoms with Crippen molar-refractivity contribution in [3.63, 3.8) is 0 Å². The van der Waals surface area contributed by atoms with E-state index in [0.29, 0.717) is 0 Å². The monoisotopic (exact) mass is 330 g/mol. The summed E-state index contributed by atoms with van der Waals surface area (Å²) < 4.78 is 39.3. The highest BCUT2D eigenvalue weighted by Crippen LogP contribution is 2.28. The summed E-state index contributed by atoms with van der Waals surface area (Å²) in [6.45, 7) is 0. The van der Waals surface area contributed by atoms with E-state index in [-0.39, 0.29) is 5.82 Å². The van der Waals surface area contributed by atoms with Crippen LogP contribution in [0.2, 0.25) is 0 Å². The molecule has 7 heteroatoms. The third-order valence-electron chi connectivity index (χ3n) is 3.25. The van der Waals surface area contributed by atoms with Crippen LogP contribution in [-0.4, -0.2) is 15.8 Å². The zero-order valence-corrected chi connectivity index (χ0v) is 12.4. The van der Waals surface area contributed by atoms with E-state index in [9.17, 15) is 13.2 Å². The first-order valence-corrected chi connectivity index (χ1v) is 7.08. The number of hydrogen-bond acceptors (Lipinski definition) is 3. The number of alkyl halides is 3. The molecular formula is C17H13F3N4. The fourth-order valence-corrected chi connectivity index (χ4v) is 2.05. The normalized spacial score (nSPS) is 11.8. The highest BCUT2D eigenvalue weighted by molar-refractivity contribution is 5.80.